The minimum absolute atomic E-state index is 0.409. The van der Waals surface area contributed by atoms with E-state index in [2.05, 4.69) is 0 Å². The smallest absolute Gasteiger partial charge is 0.187 e. The van der Waals surface area contributed by atoms with Gasteiger partial charge in [-0.2, -0.15) is 0 Å². The van der Waals surface area contributed by atoms with E-state index >= 15 is 0 Å². The SMILES string of the molecule is C[C@@H]1O[C@@H](O[C@@H]2[C@@H](O)[C@H](O[C@@H]3[C@@H](O[C@@H]4O[C@@H](C)[C@H](O)[C@@H](O)[C@@H]4O)[C@@H](O)[C@H](O[C@@H]4[C@@H](O)[C@H](O)CO[C@H]4O)O[C@H]3C)OC[C@H]2O)[C@H](O)[C@H](O)[C@H]1O. The van der Waals surface area contributed by atoms with Crippen LogP contribution in [0.1, 0.15) is 20.8 Å². The van der Waals surface area contributed by atoms with Crippen molar-refractivity contribution in [2.45, 2.75) is 162 Å². The molecule has 0 aromatic rings. The topological polar surface area (TPSA) is 326 Å². The predicted octanol–water partition coefficient (Wildman–Crippen LogP) is -7.56. The molecule has 0 radical (unpaired) electrons. The summed E-state index contributed by atoms with van der Waals surface area (Å²) in [6.45, 7) is 3.31. The molecule has 0 aliphatic carbocycles. The first kappa shape index (κ1) is 39.4. The summed E-state index contributed by atoms with van der Waals surface area (Å²) in [6, 6.07) is 0. The molecule has 0 aromatic heterocycles. The van der Waals surface area contributed by atoms with Gasteiger partial charge in [-0.05, 0) is 20.8 Å². The van der Waals surface area contributed by atoms with Crippen molar-refractivity contribution >= 4 is 0 Å². The molecule has 5 aliphatic rings. The van der Waals surface area contributed by atoms with E-state index in [0.29, 0.717) is 0 Å². The van der Waals surface area contributed by atoms with Crippen molar-refractivity contribution in [2.24, 2.45) is 0 Å². The van der Waals surface area contributed by atoms with Crippen LogP contribution in [0, 0.1) is 0 Å². The molecule has 0 unspecified atom stereocenters. The van der Waals surface area contributed by atoms with Crippen LogP contribution in [0.5, 0.6) is 0 Å². The number of aliphatic hydroxyl groups is 12. The van der Waals surface area contributed by atoms with Gasteiger partial charge in [0.1, 0.15) is 91.6 Å². The zero-order valence-corrected chi connectivity index (χ0v) is 26.7. The molecule has 5 aliphatic heterocycles. The van der Waals surface area contributed by atoms with Gasteiger partial charge >= 0.3 is 0 Å². The zero-order valence-electron chi connectivity index (χ0n) is 26.7. The number of hydrogen-bond acceptors (Lipinski definition) is 21. The van der Waals surface area contributed by atoms with Gasteiger partial charge in [-0.15, -0.1) is 0 Å². The van der Waals surface area contributed by atoms with E-state index in [0.717, 1.165) is 0 Å². The summed E-state index contributed by atoms with van der Waals surface area (Å²) in [6.07, 6.45) is -36.2. The van der Waals surface area contributed by atoms with Crippen molar-refractivity contribution in [3.05, 3.63) is 0 Å². The first-order valence-corrected chi connectivity index (χ1v) is 16.0. The Kier molecular flexibility index (Phi) is 12.9. The van der Waals surface area contributed by atoms with E-state index in [-0.39, 0.29) is 0 Å². The lowest BCUT2D eigenvalue weighted by Gasteiger charge is -2.49. The molecule has 21 heteroatoms. The fourth-order valence-electron chi connectivity index (χ4n) is 6.30. The van der Waals surface area contributed by atoms with E-state index in [4.69, 9.17) is 42.6 Å². The summed E-state index contributed by atoms with van der Waals surface area (Å²) in [4.78, 5) is 0. The normalized spacial score (nSPS) is 56.0. The largest absolute Gasteiger partial charge is 0.388 e. The second-order valence-electron chi connectivity index (χ2n) is 13.0. The van der Waals surface area contributed by atoms with Crippen molar-refractivity contribution < 1.29 is 104 Å². The Balaban J connectivity index is 1.36. The van der Waals surface area contributed by atoms with Gasteiger partial charge in [0.25, 0.3) is 0 Å². The maximum Gasteiger partial charge on any atom is 0.187 e. The van der Waals surface area contributed by atoms with Gasteiger partial charge in [-0.1, -0.05) is 0 Å². The van der Waals surface area contributed by atoms with Crippen molar-refractivity contribution in [3.63, 3.8) is 0 Å². The van der Waals surface area contributed by atoms with Crippen LogP contribution in [0.2, 0.25) is 0 Å². The molecular formula is C28H48O21. The summed E-state index contributed by atoms with van der Waals surface area (Å²) in [5.74, 6) is 0. The molecular weight excluding hydrogens is 672 g/mol. The third-order valence-electron chi connectivity index (χ3n) is 9.41. The van der Waals surface area contributed by atoms with Crippen LogP contribution in [-0.4, -0.2) is 216 Å². The van der Waals surface area contributed by atoms with Crippen molar-refractivity contribution in [2.75, 3.05) is 13.2 Å². The lowest BCUT2D eigenvalue weighted by atomic mass is 9.96. The second kappa shape index (κ2) is 16.0. The summed E-state index contributed by atoms with van der Waals surface area (Å²) >= 11 is 0. The molecule has 286 valence electrons. The molecule has 0 amide bonds. The Labute approximate surface area is 279 Å². The van der Waals surface area contributed by atoms with Gasteiger partial charge in [0.15, 0.2) is 31.5 Å². The monoisotopic (exact) mass is 720 g/mol. The molecule has 0 saturated carbocycles. The number of rotatable bonds is 8. The summed E-state index contributed by atoms with van der Waals surface area (Å²) in [5, 5.41) is 126. The Morgan fingerprint density at radius 3 is 1.37 bits per heavy atom. The van der Waals surface area contributed by atoms with Gasteiger partial charge in [-0.25, -0.2) is 0 Å². The molecule has 23 atom stereocenters. The maximum atomic E-state index is 11.5. The van der Waals surface area contributed by atoms with E-state index < -0.39 is 155 Å². The highest BCUT2D eigenvalue weighted by Gasteiger charge is 2.55. The molecule has 0 aromatic carbocycles. The fraction of sp³-hybridized carbons (Fsp3) is 1.00. The quantitative estimate of drug-likeness (QED) is 0.111. The molecule has 0 spiro atoms. The molecule has 5 heterocycles. The standard InChI is InChI=1S/C28H48O21/c1-6-11(31)14(34)16(36)26(43-6)47-21-10(30)5-42-25(18(21)38)46-20-8(3)45-28(49-23-13(33)9(29)4-41-24(23)40)19(39)22(20)48-27-17(37)15(35)12(32)7(2)44-27/h6-40H,4-5H2,1-3H3/t6-,7-,8-,9+,10+,11-,12-,13-,14+,15+,16+,17-,18+,19+,20-,21-,22-,23+,24+,25-,26-,27-,28-/m0/s1. The van der Waals surface area contributed by atoms with E-state index in [1.165, 1.54) is 20.8 Å². The molecule has 5 rings (SSSR count). The molecule has 0 bridgehead atoms. The van der Waals surface area contributed by atoms with Crippen LogP contribution in [0.4, 0.5) is 0 Å². The molecule has 5 saturated heterocycles. The van der Waals surface area contributed by atoms with Gasteiger partial charge in [-0.3, -0.25) is 0 Å². The Morgan fingerprint density at radius 1 is 0.367 bits per heavy atom. The molecule has 12 N–H and O–H groups in total. The minimum Gasteiger partial charge on any atom is -0.388 e. The molecule has 49 heavy (non-hydrogen) atoms. The second-order valence-corrected chi connectivity index (χ2v) is 13.0. The van der Waals surface area contributed by atoms with Crippen LogP contribution < -0.4 is 0 Å². The number of ether oxygens (including phenoxy) is 9. The maximum absolute atomic E-state index is 11.5. The van der Waals surface area contributed by atoms with Gasteiger partial charge in [0, 0.05) is 0 Å². The van der Waals surface area contributed by atoms with Crippen molar-refractivity contribution in [1.29, 1.82) is 0 Å². The van der Waals surface area contributed by atoms with Crippen LogP contribution in [0.15, 0.2) is 0 Å². The number of hydrogen-bond donors (Lipinski definition) is 12. The average Bonchev–Trinajstić information content (AvgIpc) is 3.06. The van der Waals surface area contributed by atoms with E-state index in [1.807, 2.05) is 0 Å². The van der Waals surface area contributed by atoms with Gasteiger partial charge in [0.2, 0.25) is 0 Å². The van der Waals surface area contributed by atoms with Crippen LogP contribution in [0.25, 0.3) is 0 Å². The molecule has 21 nitrogen and oxygen atoms in total. The number of aliphatic hydroxyl groups excluding tert-OH is 12. The fourth-order valence-corrected chi connectivity index (χ4v) is 6.30. The third-order valence-corrected chi connectivity index (χ3v) is 9.41. The highest BCUT2D eigenvalue weighted by atomic mass is 16.8. The highest BCUT2D eigenvalue weighted by Crippen LogP contribution is 2.35. The third kappa shape index (κ3) is 8.07. The summed E-state index contributed by atoms with van der Waals surface area (Å²) in [7, 11) is 0. The summed E-state index contributed by atoms with van der Waals surface area (Å²) < 4.78 is 50.4. The Hall–Kier alpha value is -0.840. The van der Waals surface area contributed by atoms with Gasteiger partial charge in [0.05, 0.1) is 31.5 Å². The lowest BCUT2D eigenvalue weighted by Crippen LogP contribution is -2.67. The van der Waals surface area contributed by atoms with E-state index in [9.17, 15) is 61.3 Å². The van der Waals surface area contributed by atoms with Crippen LogP contribution in [0.3, 0.4) is 0 Å². The Morgan fingerprint density at radius 2 is 0.796 bits per heavy atom. The van der Waals surface area contributed by atoms with Crippen LogP contribution in [-0.2, 0) is 42.6 Å². The van der Waals surface area contributed by atoms with Gasteiger partial charge < -0.3 is 104 Å². The minimum atomic E-state index is -1.91. The lowest BCUT2D eigenvalue weighted by molar-refractivity contribution is -0.395. The Bertz CT molecular complexity index is 1060. The zero-order chi connectivity index (χ0) is 36.1. The summed E-state index contributed by atoms with van der Waals surface area (Å²) in [5.41, 5.74) is 0. The predicted molar refractivity (Wildman–Crippen MR) is 150 cm³/mol. The van der Waals surface area contributed by atoms with E-state index in [1.54, 1.807) is 0 Å². The average molecular weight is 721 g/mol. The van der Waals surface area contributed by atoms with Crippen LogP contribution >= 0.6 is 0 Å². The first-order chi connectivity index (χ1) is 23.0. The molecule has 5 fully saturated rings. The van der Waals surface area contributed by atoms with Crippen molar-refractivity contribution in [1.82, 2.24) is 0 Å². The van der Waals surface area contributed by atoms with Crippen molar-refractivity contribution in [3.8, 4) is 0 Å². The first-order valence-electron chi connectivity index (χ1n) is 16.0. The highest BCUT2D eigenvalue weighted by molar-refractivity contribution is 4.97.